The SMILES string of the molecule is CN1C[C@]2(CC(=O)N(c3ccc(Cl)cc3)C2=O)[C@H](c2ccccc2)[C@]12C(=O)Nc1ccccc12. The van der Waals surface area contributed by atoms with E-state index in [9.17, 15) is 14.4 Å². The van der Waals surface area contributed by atoms with Crippen LogP contribution in [0.2, 0.25) is 5.02 Å². The average molecular weight is 472 g/mol. The summed E-state index contributed by atoms with van der Waals surface area (Å²) in [5.74, 6) is -1.28. The number of likely N-dealkylation sites (N-methyl/N-ethyl adjacent to an activating group) is 1. The molecule has 3 aliphatic rings. The predicted octanol–water partition coefficient (Wildman–Crippen LogP) is 4.17. The number of benzene rings is 3. The molecule has 1 N–H and O–H groups in total. The summed E-state index contributed by atoms with van der Waals surface area (Å²) >= 11 is 6.04. The molecule has 7 heteroatoms. The van der Waals surface area contributed by atoms with Crippen LogP contribution in [0.5, 0.6) is 0 Å². The largest absolute Gasteiger partial charge is 0.324 e. The van der Waals surface area contributed by atoms with Gasteiger partial charge in [0.25, 0.3) is 0 Å². The molecule has 3 aliphatic heterocycles. The van der Waals surface area contributed by atoms with Gasteiger partial charge in [0.15, 0.2) is 0 Å². The molecule has 34 heavy (non-hydrogen) atoms. The molecule has 0 saturated carbocycles. The highest BCUT2D eigenvalue weighted by Gasteiger charge is 2.72. The Kier molecular flexibility index (Phi) is 4.50. The minimum atomic E-state index is -1.11. The molecule has 3 heterocycles. The number of anilines is 2. The maximum absolute atomic E-state index is 14.2. The third kappa shape index (κ3) is 2.58. The van der Waals surface area contributed by atoms with Crippen LogP contribution in [0.25, 0.3) is 0 Å². The first-order valence-corrected chi connectivity index (χ1v) is 11.6. The number of carbonyl (C=O) groups excluding carboxylic acids is 3. The molecule has 0 aromatic heterocycles. The lowest BCUT2D eigenvalue weighted by Gasteiger charge is -2.38. The Bertz CT molecular complexity index is 1340. The van der Waals surface area contributed by atoms with Crippen molar-refractivity contribution in [1.82, 2.24) is 4.90 Å². The molecule has 2 saturated heterocycles. The minimum Gasteiger partial charge on any atom is -0.324 e. The van der Waals surface area contributed by atoms with Crippen LogP contribution >= 0.6 is 11.6 Å². The molecular formula is C27H22ClN3O3. The summed E-state index contributed by atoms with van der Waals surface area (Å²) in [6.45, 7) is 0.281. The minimum absolute atomic E-state index is 0.0234. The Balaban J connectivity index is 1.58. The summed E-state index contributed by atoms with van der Waals surface area (Å²) in [7, 11) is 1.87. The molecule has 6 nitrogen and oxygen atoms in total. The van der Waals surface area contributed by atoms with Gasteiger partial charge in [-0.3, -0.25) is 19.3 Å². The molecule has 3 atom stereocenters. The lowest BCUT2D eigenvalue weighted by atomic mass is 9.64. The first kappa shape index (κ1) is 21.1. The van der Waals surface area contributed by atoms with E-state index in [1.165, 1.54) is 4.90 Å². The molecule has 6 rings (SSSR count). The van der Waals surface area contributed by atoms with Crippen molar-refractivity contribution in [3.05, 3.63) is 95.0 Å². The Labute approximate surface area is 202 Å². The quantitative estimate of drug-likeness (QED) is 0.570. The van der Waals surface area contributed by atoms with E-state index in [1.54, 1.807) is 24.3 Å². The molecule has 2 spiro atoms. The number of halogens is 1. The fourth-order valence-electron chi connectivity index (χ4n) is 6.36. The number of carbonyl (C=O) groups is 3. The lowest BCUT2D eigenvalue weighted by Crippen LogP contribution is -2.49. The van der Waals surface area contributed by atoms with Crippen LogP contribution < -0.4 is 10.2 Å². The third-order valence-electron chi connectivity index (χ3n) is 7.59. The van der Waals surface area contributed by atoms with Crippen LogP contribution in [0.3, 0.4) is 0 Å². The Hall–Kier alpha value is -3.48. The number of fused-ring (bicyclic) bond motifs is 2. The van der Waals surface area contributed by atoms with Gasteiger partial charge in [-0.1, -0.05) is 60.1 Å². The number of imide groups is 1. The number of amides is 3. The van der Waals surface area contributed by atoms with Crippen molar-refractivity contribution >= 4 is 40.7 Å². The van der Waals surface area contributed by atoms with Crippen LogP contribution in [0.15, 0.2) is 78.9 Å². The van der Waals surface area contributed by atoms with Crippen molar-refractivity contribution in [3.8, 4) is 0 Å². The zero-order valence-electron chi connectivity index (χ0n) is 18.5. The molecule has 170 valence electrons. The van der Waals surface area contributed by atoms with Crippen molar-refractivity contribution in [2.75, 3.05) is 23.8 Å². The van der Waals surface area contributed by atoms with Crippen LogP contribution in [-0.2, 0) is 19.9 Å². The molecule has 2 fully saturated rings. The maximum atomic E-state index is 14.2. The monoisotopic (exact) mass is 471 g/mol. The summed E-state index contributed by atoms with van der Waals surface area (Å²) in [5.41, 5.74) is 0.716. The van der Waals surface area contributed by atoms with Gasteiger partial charge >= 0.3 is 0 Å². The Morgan fingerprint density at radius 3 is 2.32 bits per heavy atom. The van der Waals surface area contributed by atoms with Gasteiger partial charge in [-0.15, -0.1) is 0 Å². The van der Waals surface area contributed by atoms with Crippen LogP contribution in [0.4, 0.5) is 11.4 Å². The molecular weight excluding hydrogens is 450 g/mol. The lowest BCUT2D eigenvalue weighted by molar-refractivity contribution is -0.127. The van der Waals surface area contributed by atoms with Gasteiger partial charge < -0.3 is 5.32 Å². The molecule has 0 unspecified atom stereocenters. The predicted molar refractivity (Wildman–Crippen MR) is 130 cm³/mol. The van der Waals surface area contributed by atoms with Crippen molar-refractivity contribution in [2.45, 2.75) is 17.9 Å². The topological polar surface area (TPSA) is 69.7 Å². The highest BCUT2D eigenvalue weighted by Crippen LogP contribution is 2.64. The summed E-state index contributed by atoms with van der Waals surface area (Å²) in [6, 6.07) is 23.9. The second kappa shape index (κ2) is 7.26. The highest BCUT2D eigenvalue weighted by atomic mass is 35.5. The molecule has 0 radical (unpaired) electrons. The summed E-state index contributed by atoms with van der Waals surface area (Å²) < 4.78 is 0. The maximum Gasteiger partial charge on any atom is 0.250 e. The standard InChI is InChI=1S/C27H22ClN3O3/c1-30-16-26(15-22(32)31(25(26)34)19-13-11-18(28)12-14-19)23(17-7-3-2-4-8-17)27(30)20-9-5-6-10-21(20)29-24(27)33/h2-14,23H,15-16H2,1H3,(H,29,33)/t23-,26+,27+/m0/s1. The van der Waals surface area contributed by atoms with Gasteiger partial charge in [0.1, 0.15) is 5.54 Å². The van der Waals surface area contributed by atoms with Crippen LogP contribution in [0, 0.1) is 5.41 Å². The Morgan fingerprint density at radius 1 is 0.912 bits per heavy atom. The number of hydrogen-bond donors (Lipinski definition) is 1. The zero-order chi connectivity index (χ0) is 23.7. The zero-order valence-corrected chi connectivity index (χ0v) is 19.3. The number of nitrogens with one attached hydrogen (secondary N) is 1. The molecule has 3 aromatic carbocycles. The third-order valence-corrected chi connectivity index (χ3v) is 7.84. The Morgan fingerprint density at radius 2 is 1.59 bits per heavy atom. The van der Waals surface area contributed by atoms with Crippen molar-refractivity contribution in [2.24, 2.45) is 5.41 Å². The first-order valence-electron chi connectivity index (χ1n) is 11.2. The van der Waals surface area contributed by atoms with Gasteiger partial charge in [0.05, 0.1) is 11.1 Å². The van der Waals surface area contributed by atoms with E-state index in [-0.39, 0.29) is 30.7 Å². The number of likely N-dealkylation sites (tertiary alicyclic amines) is 1. The first-order chi connectivity index (χ1) is 16.4. The van der Waals surface area contributed by atoms with E-state index < -0.39 is 16.9 Å². The normalized spacial score (nSPS) is 28.2. The van der Waals surface area contributed by atoms with Crippen molar-refractivity contribution < 1.29 is 14.4 Å². The van der Waals surface area contributed by atoms with E-state index in [0.29, 0.717) is 10.7 Å². The van der Waals surface area contributed by atoms with Gasteiger partial charge in [-0.2, -0.15) is 0 Å². The number of rotatable bonds is 2. The molecule has 0 aliphatic carbocycles. The van der Waals surface area contributed by atoms with E-state index in [0.717, 1.165) is 16.8 Å². The highest BCUT2D eigenvalue weighted by molar-refractivity contribution is 6.31. The molecule has 3 amide bonds. The number of hydrogen-bond acceptors (Lipinski definition) is 4. The van der Waals surface area contributed by atoms with E-state index in [2.05, 4.69) is 5.32 Å². The summed E-state index contributed by atoms with van der Waals surface area (Å²) in [5, 5.41) is 3.56. The van der Waals surface area contributed by atoms with Gasteiger partial charge in [0, 0.05) is 35.2 Å². The second-order valence-corrected chi connectivity index (χ2v) is 9.75. The van der Waals surface area contributed by atoms with Gasteiger partial charge in [0.2, 0.25) is 17.7 Å². The molecule has 0 bridgehead atoms. The van der Waals surface area contributed by atoms with Crippen molar-refractivity contribution in [3.63, 3.8) is 0 Å². The second-order valence-electron chi connectivity index (χ2n) is 9.31. The van der Waals surface area contributed by atoms with E-state index in [4.69, 9.17) is 11.6 Å². The number of para-hydroxylation sites is 1. The smallest absolute Gasteiger partial charge is 0.250 e. The van der Waals surface area contributed by atoms with Crippen LogP contribution in [-0.4, -0.2) is 36.2 Å². The van der Waals surface area contributed by atoms with Crippen LogP contribution in [0.1, 0.15) is 23.5 Å². The fourth-order valence-corrected chi connectivity index (χ4v) is 6.48. The average Bonchev–Trinajstić information content (AvgIpc) is 3.37. The summed E-state index contributed by atoms with van der Waals surface area (Å²) in [6.07, 6.45) is 0.0234. The van der Waals surface area contributed by atoms with E-state index >= 15 is 0 Å². The van der Waals surface area contributed by atoms with Crippen molar-refractivity contribution in [1.29, 1.82) is 0 Å². The fraction of sp³-hybridized carbons (Fsp3) is 0.222. The van der Waals surface area contributed by atoms with E-state index in [1.807, 2.05) is 66.5 Å². The number of nitrogens with zero attached hydrogens (tertiary/aromatic N) is 2. The van der Waals surface area contributed by atoms with Gasteiger partial charge in [-0.25, -0.2) is 4.90 Å². The summed E-state index contributed by atoms with van der Waals surface area (Å²) in [4.78, 5) is 44.6. The van der Waals surface area contributed by atoms with Gasteiger partial charge in [-0.05, 0) is 42.9 Å². The molecule has 3 aromatic rings.